The summed E-state index contributed by atoms with van der Waals surface area (Å²) >= 11 is 9.27. The molecule has 18 heavy (non-hydrogen) atoms. The van der Waals surface area contributed by atoms with Gasteiger partial charge in [0.2, 0.25) is 0 Å². The molecule has 0 aliphatic carbocycles. The van der Waals surface area contributed by atoms with E-state index in [2.05, 4.69) is 21.0 Å². The molecule has 7 heteroatoms. The summed E-state index contributed by atoms with van der Waals surface area (Å²) in [6.45, 7) is 0. The van der Waals surface area contributed by atoms with Crippen molar-refractivity contribution >= 4 is 27.5 Å². The van der Waals surface area contributed by atoms with Crippen molar-refractivity contribution < 1.29 is 13.2 Å². The average Bonchev–Trinajstić information content (AvgIpc) is 2.77. The van der Waals surface area contributed by atoms with Gasteiger partial charge in [-0.05, 0) is 11.6 Å². The molecule has 1 aromatic carbocycles. The summed E-state index contributed by atoms with van der Waals surface area (Å²) in [5, 5.41) is 4.54. The number of alkyl halides is 4. The molecule has 0 spiro atoms. The number of benzene rings is 1. The first-order valence-corrected chi connectivity index (χ1v) is 6.39. The molecule has 0 atom stereocenters. The third kappa shape index (κ3) is 2.54. The maximum absolute atomic E-state index is 12.5. The number of nitrogens with zero attached hydrogens (tertiary/aromatic N) is 2. The highest BCUT2D eigenvalue weighted by atomic mass is 79.9. The molecule has 1 aromatic heterocycles. The van der Waals surface area contributed by atoms with Crippen LogP contribution in [0.4, 0.5) is 13.2 Å². The monoisotopic (exact) mass is 338 g/mol. The molecule has 0 unspecified atom stereocenters. The Balaban J connectivity index is 2.53. The van der Waals surface area contributed by atoms with Crippen molar-refractivity contribution in [3.05, 3.63) is 46.7 Å². The first-order valence-electron chi connectivity index (χ1n) is 4.89. The van der Waals surface area contributed by atoms with Crippen molar-refractivity contribution in [1.29, 1.82) is 0 Å². The van der Waals surface area contributed by atoms with Gasteiger partial charge in [-0.3, -0.25) is 0 Å². The lowest BCUT2D eigenvalue weighted by Crippen LogP contribution is -2.03. The van der Waals surface area contributed by atoms with Crippen molar-refractivity contribution in [3.8, 4) is 5.69 Å². The lowest BCUT2D eigenvalue weighted by atomic mass is 10.2. The fraction of sp³-hybridized carbons (Fsp3) is 0.182. The fourth-order valence-corrected chi connectivity index (χ4v) is 2.25. The van der Waals surface area contributed by atoms with E-state index in [1.807, 2.05) is 0 Å². The lowest BCUT2D eigenvalue weighted by Gasteiger charge is -2.09. The van der Waals surface area contributed by atoms with Crippen LogP contribution in [0.25, 0.3) is 5.69 Å². The average molecular weight is 340 g/mol. The zero-order valence-electron chi connectivity index (χ0n) is 8.88. The Morgan fingerprint density at radius 2 is 2.06 bits per heavy atom. The highest BCUT2D eigenvalue weighted by molar-refractivity contribution is 9.08. The molecule has 0 aliphatic rings. The standard InChI is InChI=1S/C11H7BrClF3N2/c12-4-7-2-1-3-9(13)10(7)18-6-8(5-17-18)11(14,15)16/h1-3,5-6H,4H2. The van der Waals surface area contributed by atoms with Crippen LogP contribution in [-0.4, -0.2) is 9.78 Å². The quantitative estimate of drug-likeness (QED) is 0.740. The van der Waals surface area contributed by atoms with Gasteiger partial charge in [0.05, 0.1) is 22.5 Å². The van der Waals surface area contributed by atoms with Crippen molar-refractivity contribution in [2.24, 2.45) is 0 Å². The molecule has 0 fully saturated rings. The van der Waals surface area contributed by atoms with Gasteiger partial charge >= 0.3 is 6.18 Å². The van der Waals surface area contributed by atoms with Gasteiger partial charge in [-0.2, -0.15) is 18.3 Å². The topological polar surface area (TPSA) is 17.8 Å². The van der Waals surface area contributed by atoms with E-state index in [9.17, 15) is 13.2 Å². The van der Waals surface area contributed by atoms with Gasteiger partial charge in [-0.15, -0.1) is 0 Å². The lowest BCUT2D eigenvalue weighted by molar-refractivity contribution is -0.137. The number of aromatic nitrogens is 2. The van der Waals surface area contributed by atoms with Gasteiger partial charge in [-0.25, -0.2) is 4.68 Å². The molecule has 96 valence electrons. The van der Waals surface area contributed by atoms with Gasteiger partial charge < -0.3 is 0 Å². The van der Waals surface area contributed by atoms with E-state index in [0.717, 1.165) is 22.6 Å². The predicted molar refractivity (Wildman–Crippen MR) is 66.2 cm³/mol. The van der Waals surface area contributed by atoms with Crippen LogP contribution in [-0.2, 0) is 11.5 Å². The Hall–Kier alpha value is -1.01. The minimum atomic E-state index is -4.41. The van der Waals surface area contributed by atoms with Crippen molar-refractivity contribution in [3.63, 3.8) is 0 Å². The molecule has 1 heterocycles. The Labute approximate surface area is 114 Å². The van der Waals surface area contributed by atoms with Gasteiger partial charge in [0.15, 0.2) is 0 Å². The second-order valence-electron chi connectivity index (χ2n) is 3.55. The minimum Gasteiger partial charge on any atom is -0.239 e. The van der Waals surface area contributed by atoms with E-state index in [1.54, 1.807) is 18.2 Å². The number of para-hydroxylation sites is 1. The normalized spacial score (nSPS) is 11.8. The molecule has 0 amide bonds. The molecule has 0 bridgehead atoms. The van der Waals surface area contributed by atoms with Gasteiger partial charge in [0.1, 0.15) is 0 Å². The maximum atomic E-state index is 12.5. The molecular formula is C11H7BrClF3N2. The van der Waals surface area contributed by atoms with E-state index in [4.69, 9.17) is 11.6 Å². The highest BCUT2D eigenvalue weighted by Crippen LogP contribution is 2.31. The summed E-state index contributed by atoms with van der Waals surface area (Å²) in [5.41, 5.74) is 0.411. The summed E-state index contributed by atoms with van der Waals surface area (Å²) in [4.78, 5) is 0. The number of rotatable bonds is 2. The Bertz CT molecular complexity index is 566. The van der Waals surface area contributed by atoms with Crippen molar-refractivity contribution in [2.75, 3.05) is 0 Å². The predicted octanol–water partition coefficient (Wildman–Crippen LogP) is 4.44. The molecule has 0 radical (unpaired) electrons. The molecule has 0 saturated heterocycles. The molecule has 0 N–H and O–H groups in total. The van der Waals surface area contributed by atoms with Crippen molar-refractivity contribution in [2.45, 2.75) is 11.5 Å². The SMILES string of the molecule is FC(F)(F)c1cnn(-c2c(Cl)cccc2CBr)c1. The van der Waals surface area contributed by atoms with Crippen LogP contribution in [0.1, 0.15) is 11.1 Å². The van der Waals surface area contributed by atoms with E-state index >= 15 is 0 Å². The van der Waals surface area contributed by atoms with Crippen LogP contribution in [0.2, 0.25) is 5.02 Å². The van der Waals surface area contributed by atoms with Crippen LogP contribution in [0.3, 0.4) is 0 Å². The smallest absolute Gasteiger partial charge is 0.239 e. The Kier molecular flexibility index (Phi) is 3.68. The van der Waals surface area contributed by atoms with E-state index in [-0.39, 0.29) is 0 Å². The van der Waals surface area contributed by atoms with E-state index in [1.165, 1.54) is 0 Å². The van der Waals surface area contributed by atoms with Crippen LogP contribution in [0.5, 0.6) is 0 Å². The first-order chi connectivity index (χ1) is 8.43. The van der Waals surface area contributed by atoms with Crippen LogP contribution >= 0.6 is 27.5 Å². The molecule has 2 rings (SSSR count). The van der Waals surface area contributed by atoms with E-state index < -0.39 is 11.7 Å². The summed E-state index contributed by atoms with van der Waals surface area (Å²) in [6.07, 6.45) is -2.71. The number of halogens is 5. The largest absolute Gasteiger partial charge is 0.419 e. The number of hydrogen-bond acceptors (Lipinski definition) is 1. The zero-order chi connectivity index (χ0) is 13.3. The van der Waals surface area contributed by atoms with Crippen LogP contribution < -0.4 is 0 Å². The number of hydrogen-bond donors (Lipinski definition) is 0. The zero-order valence-corrected chi connectivity index (χ0v) is 11.2. The molecule has 2 nitrogen and oxygen atoms in total. The maximum Gasteiger partial charge on any atom is 0.419 e. The molecular weight excluding hydrogens is 332 g/mol. The van der Waals surface area contributed by atoms with E-state index in [0.29, 0.717) is 16.0 Å². The van der Waals surface area contributed by atoms with Crippen molar-refractivity contribution in [1.82, 2.24) is 9.78 Å². The third-order valence-electron chi connectivity index (χ3n) is 2.35. The second kappa shape index (κ2) is 4.93. The summed E-state index contributed by atoms with van der Waals surface area (Å²) < 4.78 is 38.7. The van der Waals surface area contributed by atoms with Gasteiger partial charge in [-0.1, -0.05) is 39.7 Å². The van der Waals surface area contributed by atoms with Crippen LogP contribution in [0.15, 0.2) is 30.6 Å². The molecule has 0 aliphatic heterocycles. The fourth-order valence-electron chi connectivity index (χ4n) is 1.52. The molecule has 2 aromatic rings. The van der Waals surface area contributed by atoms with Gasteiger partial charge in [0, 0.05) is 11.5 Å². The Morgan fingerprint density at radius 3 is 2.61 bits per heavy atom. The minimum absolute atomic E-state index is 0.351. The summed E-state index contributed by atoms with van der Waals surface area (Å²) in [5.74, 6) is 0. The second-order valence-corrected chi connectivity index (χ2v) is 4.52. The third-order valence-corrected chi connectivity index (χ3v) is 3.26. The van der Waals surface area contributed by atoms with Crippen LogP contribution in [0, 0.1) is 0 Å². The molecule has 0 saturated carbocycles. The van der Waals surface area contributed by atoms with Gasteiger partial charge in [0.25, 0.3) is 0 Å². The highest BCUT2D eigenvalue weighted by Gasteiger charge is 2.32. The Morgan fingerprint density at radius 1 is 1.33 bits per heavy atom. The summed E-state index contributed by atoms with van der Waals surface area (Å²) in [6, 6.07) is 5.11. The first kappa shape index (κ1) is 13.4. The summed E-state index contributed by atoms with van der Waals surface area (Å²) in [7, 11) is 0.